The third-order valence-corrected chi connectivity index (χ3v) is 13.3. The van der Waals surface area contributed by atoms with Crippen molar-refractivity contribution in [3.63, 3.8) is 0 Å². The monoisotopic (exact) mass is 1020 g/mol. The summed E-state index contributed by atoms with van der Waals surface area (Å²) < 4.78 is 34.9. The van der Waals surface area contributed by atoms with E-state index in [0.29, 0.717) is 80.3 Å². The number of amides is 2. The van der Waals surface area contributed by atoms with Crippen LogP contribution in [0.3, 0.4) is 0 Å². The molecule has 19 heteroatoms. The molecule has 2 amide bonds. The number of ether oxygens (including phenoxy) is 1. The van der Waals surface area contributed by atoms with Crippen molar-refractivity contribution in [3.05, 3.63) is 93.8 Å². The second-order valence-corrected chi connectivity index (χ2v) is 20.2. The minimum Gasteiger partial charge on any atom is -0.392 e. The van der Waals surface area contributed by atoms with Gasteiger partial charge in [-0.15, -0.1) is 11.3 Å². The molecule has 2 atom stereocenters. The maximum absolute atomic E-state index is 14.7. The molecule has 0 radical (unpaired) electrons. The molecule has 6 rings (SSSR count). The number of allylic oxidation sites excluding steroid dienone is 1. The van der Waals surface area contributed by atoms with E-state index in [-0.39, 0.29) is 53.8 Å². The number of thiazole rings is 1. The molecule has 394 valence electrons. The Hall–Kier alpha value is -5.57. The van der Waals surface area contributed by atoms with E-state index >= 15 is 0 Å². The highest BCUT2D eigenvalue weighted by Crippen LogP contribution is 2.43. The first-order valence-corrected chi connectivity index (χ1v) is 25.6. The zero-order chi connectivity index (χ0) is 52.8. The summed E-state index contributed by atoms with van der Waals surface area (Å²) in [6, 6.07) is 12.0. The predicted octanol–water partition coefficient (Wildman–Crippen LogP) is 7.49. The highest BCUT2D eigenvalue weighted by atomic mass is 32.1. The molecule has 1 fully saturated rings. The number of anilines is 1. The second kappa shape index (κ2) is 29.8. The van der Waals surface area contributed by atoms with Crippen LogP contribution in [-0.2, 0) is 32.1 Å². The maximum atomic E-state index is 14.7. The van der Waals surface area contributed by atoms with Gasteiger partial charge in [0.2, 0.25) is 12.3 Å². The number of carbonyl (C=O) groups is 3. The van der Waals surface area contributed by atoms with Gasteiger partial charge in [0.25, 0.3) is 6.43 Å². The van der Waals surface area contributed by atoms with Crippen LogP contribution < -0.4 is 31.6 Å². The quantitative estimate of drug-likeness (QED) is 0.0177. The maximum Gasteiger partial charge on any atom is 0.264 e. The summed E-state index contributed by atoms with van der Waals surface area (Å²) >= 11 is 1.68. The Morgan fingerprint density at radius 3 is 2.38 bits per heavy atom. The van der Waals surface area contributed by atoms with E-state index in [1.807, 2.05) is 59.1 Å². The van der Waals surface area contributed by atoms with Crippen LogP contribution in [0.2, 0.25) is 0 Å². The number of nitrogens with one attached hydrogen (secondary N) is 6. The molecule has 0 saturated carbocycles. The van der Waals surface area contributed by atoms with Gasteiger partial charge in [-0.1, -0.05) is 65.3 Å². The summed E-state index contributed by atoms with van der Waals surface area (Å²) in [7, 11) is 3.85. The summed E-state index contributed by atoms with van der Waals surface area (Å²) in [6.45, 7) is 18.9. The lowest BCUT2D eigenvalue weighted by molar-refractivity contribution is -0.121. The van der Waals surface area contributed by atoms with Crippen molar-refractivity contribution in [1.82, 2.24) is 46.7 Å². The van der Waals surface area contributed by atoms with E-state index in [0.717, 1.165) is 55.7 Å². The minimum atomic E-state index is -2.79. The summed E-state index contributed by atoms with van der Waals surface area (Å²) in [5.74, 6) is 0.348. The number of rotatable bonds is 22. The van der Waals surface area contributed by atoms with E-state index in [4.69, 9.17) is 9.53 Å². The number of aryl methyl sites for hydroxylation is 1. The fourth-order valence-corrected chi connectivity index (χ4v) is 9.10. The van der Waals surface area contributed by atoms with E-state index in [2.05, 4.69) is 79.8 Å². The fraction of sp³-hybridized carbons (Fsp3) is 0.528. The van der Waals surface area contributed by atoms with Crippen molar-refractivity contribution in [3.8, 4) is 21.6 Å². The van der Waals surface area contributed by atoms with Crippen molar-refractivity contribution in [2.45, 2.75) is 118 Å². The Bertz CT molecular complexity index is 2340. The number of alkyl halides is 2. The lowest BCUT2D eigenvalue weighted by Crippen LogP contribution is -2.42. The van der Waals surface area contributed by atoms with E-state index in [9.17, 15) is 28.9 Å². The van der Waals surface area contributed by atoms with Gasteiger partial charge in [-0.05, 0) is 91.8 Å². The Morgan fingerprint density at radius 1 is 1.08 bits per heavy atom. The van der Waals surface area contributed by atoms with Gasteiger partial charge in [-0.3, -0.25) is 20.4 Å². The van der Waals surface area contributed by atoms with E-state index < -0.39 is 6.43 Å². The van der Waals surface area contributed by atoms with Crippen LogP contribution in [0.5, 0.6) is 0 Å². The Balaban J connectivity index is 0.000000376. The number of hydrazine groups is 1. The van der Waals surface area contributed by atoms with Gasteiger partial charge >= 0.3 is 0 Å². The van der Waals surface area contributed by atoms with E-state index in [1.165, 1.54) is 34.5 Å². The van der Waals surface area contributed by atoms with Crippen molar-refractivity contribution < 1.29 is 33.0 Å². The smallest absolute Gasteiger partial charge is 0.264 e. The molecule has 2 aliphatic heterocycles. The molecule has 1 saturated heterocycles. The van der Waals surface area contributed by atoms with Crippen LogP contribution in [0.4, 0.5) is 14.5 Å². The molecular formula is C53H77F2N11O5S. The topological polar surface area (TPSA) is 210 Å². The van der Waals surface area contributed by atoms with Crippen molar-refractivity contribution >= 4 is 42.0 Å². The van der Waals surface area contributed by atoms with Crippen LogP contribution in [0.1, 0.15) is 114 Å². The lowest BCUT2D eigenvalue weighted by Gasteiger charge is -2.37. The summed E-state index contributed by atoms with van der Waals surface area (Å²) in [5.41, 5.74) is 12.2. The molecule has 4 aromatic rings. The molecule has 7 N–H and O–H groups in total. The molecular weight excluding hydrogens is 941 g/mol. The van der Waals surface area contributed by atoms with E-state index in [1.54, 1.807) is 22.3 Å². The number of amidine groups is 1. The molecule has 0 bridgehead atoms. The molecule has 2 aromatic carbocycles. The number of likely N-dealkylation sites (N-methyl/N-ethyl adjacent to an activating group) is 1. The predicted molar refractivity (Wildman–Crippen MR) is 283 cm³/mol. The van der Waals surface area contributed by atoms with Crippen LogP contribution in [0.25, 0.3) is 21.6 Å². The summed E-state index contributed by atoms with van der Waals surface area (Å²) in [4.78, 5) is 47.8. The van der Waals surface area contributed by atoms with Gasteiger partial charge < -0.3 is 40.8 Å². The fourth-order valence-electron chi connectivity index (χ4n) is 8.29. The number of nitrogens with zero attached hydrogens (tertiary/aromatic N) is 5. The molecule has 0 spiro atoms. The molecule has 2 aromatic heterocycles. The average Bonchev–Trinajstić information content (AvgIpc) is 3.81. The average molecular weight is 1020 g/mol. The largest absolute Gasteiger partial charge is 0.392 e. The van der Waals surface area contributed by atoms with Crippen LogP contribution in [0, 0.1) is 17.7 Å². The molecule has 0 aliphatic carbocycles. The Morgan fingerprint density at radius 2 is 1.78 bits per heavy atom. The van der Waals surface area contributed by atoms with Gasteiger partial charge in [0, 0.05) is 106 Å². The first kappa shape index (κ1) is 59.0. The molecule has 4 heterocycles. The third-order valence-electron chi connectivity index (χ3n) is 12.3. The van der Waals surface area contributed by atoms with Gasteiger partial charge in [0.1, 0.15) is 18.4 Å². The van der Waals surface area contributed by atoms with Crippen LogP contribution in [0.15, 0.2) is 65.6 Å². The Kier molecular flexibility index (Phi) is 24.4. The van der Waals surface area contributed by atoms with Crippen molar-refractivity contribution in [2.75, 3.05) is 64.9 Å². The first-order valence-electron chi connectivity index (χ1n) is 24.7. The number of aliphatic hydroxyl groups excluding tert-OH is 1. The minimum absolute atomic E-state index is 0.00539. The number of aliphatic hydroxyl groups is 1. The molecule has 2 unspecified atom stereocenters. The number of hydrogen-bond donors (Lipinski definition) is 7. The van der Waals surface area contributed by atoms with Crippen molar-refractivity contribution in [1.29, 1.82) is 5.41 Å². The molecule has 72 heavy (non-hydrogen) atoms. The highest BCUT2D eigenvalue weighted by Gasteiger charge is 2.31. The normalized spacial score (nSPS) is 15.6. The number of hydrogen-bond acceptors (Lipinski definition) is 14. The SMILES string of the molecule is C=O.CCC/C(NC1CCOCC1)=C(\CNC=O)C(=N)N1CCC(C)c2cc(-c3cnc(CC(=O)NCC(C)(C)C)nc3)c(C(F)F)cc21.CNCC(O)CCN(C)NCc1ccc(-c2scnc2C)cc1. The highest BCUT2D eigenvalue weighted by molar-refractivity contribution is 7.13. The van der Waals surface area contributed by atoms with Gasteiger partial charge in [-0.25, -0.2) is 28.7 Å². The van der Waals surface area contributed by atoms with Crippen LogP contribution >= 0.6 is 11.3 Å². The number of fused-ring (bicyclic) bond motifs is 1. The molecule has 16 nitrogen and oxygen atoms in total. The zero-order valence-corrected chi connectivity index (χ0v) is 44.2. The summed E-state index contributed by atoms with van der Waals surface area (Å²) in [5, 5.41) is 33.3. The number of aromatic nitrogens is 3. The van der Waals surface area contributed by atoms with Gasteiger partial charge in [0.15, 0.2) is 0 Å². The number of carbonyl (C=O) groups excluding carboxylic acids is 3. The molecule has 2 aliphatic rings. The standard InChI is InChI=1S/C35H49F2N7O3.C17H26N4OS.CH2O/c1-6-7-29(43-24-9-12-47-13-10-24)28(19-39-21-45)34(38)44-11-8-22(2)25-14-26(27(33(36)37)15-30(25)44)23-17-40-31(41-18-23)16-32(46)42-20-35(3,4)5;1-13-17(23-12-19-13)15-6-4-14(5-7-15)10-20-21(3)9-8-16(22)11-18-2;1-2/h14-15,17-18,21-22,24,33,38,43H,6-13,16,19-20H2,1-5H3,(H,39,45)(H,42,46);4-7,12,16,18,20,22H,8-11H2,1-3H3;1H2/b29-28-,38-34?;;. The number of benzene rings is 2. The van der Waals surface area contributed by atoms with Crippen LogP contribution in [-0.4, -0.2) is 122 Å². The third kappa shape index (κ3) is 18.2. The second-order valence-electron chi connectivity index (χ2n) is 19.3. The van der Waals surface area contributed by atoms with Crippen molar-refractivity contribution in [2.24, 2.45) is 5.41 Å². The number of halogens is 2. The lowest BCUT2D eigenvalue weighted by atomic mass is 9.86. The summed E-state index contributed by atoms with van der Waals surface area (Å²) in [6.07, 6.45) is 5.16. The first-order chi connectivity index (χ1) is 34.5. The Labute approximate surface area is 428 Å². The van der Waals surface area contributed by atoms with Gasteiger partial charge in [0.05, 0.1) is 28.6 Å². The zero-order valence-electron chi connectivity index (χ0n) is 43.4. The van der Waals surface area contributed by atoms with Gasteiger partial charge in [-0.2, -0.15) is 0 Å².